The first-order valence-corrected chi connectivity index (χ1v) is 6.86. The SMILES string of the molecule is COC(=O)[C@@H](NCc1ccc(CC(=O)O)s1)C(C)C. The minimum atomic E-state index is -0.837. The van der Waals surface area contributed by atoms with E-state index in [2.05, 4.69) is 5.32 Å². The van der Waals surface area contributed by atoms with Crippen molar-refractivity contribution in [1.82, 2.24) is 5.32 Å². The van der Waals surface area contributed by atoms with Gasteiger partial charge >= 0.3 is 11.9 Å². The molecule has 0 aromatic carbocycles. The van der Waals surface area contributed by atoms with Crippen LogP contribution in [-0.4, -0.2) is 30.2 Å². The van der Waals surface area contributed by atoms with Crippen molar-refractivity contribution in [3.05, 3.63) is 21.9 Å². The summed E-state index contributed by atoms with van der Waals surface area (Å²) in [6, 6.07) is 3.33. The molecule has 1 aromatic rings. The Hall–Kier alpha value is -1.40. The average molecular weight is 285 g/mol. The molecule has 0 fully saturated rings. The van der Waals surface area contributed by atoms with Gasteiger partial charge in [0.25, 0.3) is 0 Å². The van der Waals surface area contributed by atoms with Crippen LogP contribution in [0, 0.1) is 5.92 Å². The van der Waals surface area contributed by atoms with Gasteiger partial charge in [0.1, 0.15) is 6.04 Å². The molecule has 0 aliphatic rings. The highest BCUT2D eigenvalue weighted by Crippen LogP contribution is 2.17. The molecule has 0 unspecified atom stereocenters. The third-order valence-electron chi connectivity index (χ3n) is 2.66. The van der Waals surface area contributed by atoms with Crippen LogP contribution in [0.5, 0.6) is 0 Å². The maximum atomic E-state index is 11.6. The number of carboxylic acid groups (broad SMARTS) is 1. The summed E-state index contributed by atoms with van der Waals surface area (Å²) in [7, 11) is 1.37. The molecule has 0 saturated heterocycles. The van der Waals surface area contributed by atoms with Crippen molar-refractivity contribution in [2.75, 3.05) is 7.11 Å². The Kier molecular flexibility index (Phi) is 5.98. The molecule has 1 heterocycles. The highest BCUT2D eigenvalue weighted by molar-refractivity contribution is 7.12. The summed E-state index contributed by atoms with van der Waals surface area (Å²) in [6.07, 6.45) is 0.0370. The first kappa shape index (κ1) is 15.7. The molecule has 0 spiro atoms. The summed E-state index contributed by atoms with van der Waals surface area (Å²) < 4.78 is 4.74. The van der Waals surface area contributed by atoms with E-state index in [9.17, 15) is 9.59 Å². The number of ether oxygens (including phenoxy) is 1. The zero-order valence-corrected chi connectivity index (χ0v) is 12.1. The van der Waals surface area contributed by atoms with Crippen molar-refractivity contribution in [3.63, 3.8) is 0 Å². The number of hydrogen-bond donors (Lipinski definition) is 2. The largest absolute Gasteiger partial charge is 0.481 e. The van der Waals surface area contributed by atoms with Crippen LogP contribution >= 0.6 is 11.3 Å². The predicted octanol–water partition coefficient (Wildman–Crippen LogP) is 1.66. The highest BCUT2D eigenvalue weighted by Gasteiger charge is 2.22. The van der Waals surface area contributed by atoms with Gasteiger partial charge in [0, 0.05) is 16.3 Å². The first-order valence-electron chi connectivity index (χ1n) is 6.04. The Labute approximate surface area is 116 Å². The van der Waals surface area contributed by atoms with Crippen molar-refractivity contribution in [3.8, 4) is 0 Å². The normalized spacial score (nSPS) is 12.4. The van der Waals surface area contributed by atoms with Crippen LogP contribution in [0.25, 0.3) is 0 Å². The molecule has 0 saturated carbocycles. The summed E-state index contributed by atoms with van der Waals surface area (Å²) in [5.74, 6) is -0.987. The molecule has 1 atom stereocenters. The fourth-order valence-electron chi connectivity index (χ4n) is 1.69. The van der Waals surface area contributed by atoms with E-state index < -0.39 is 5.97 Å². The number of hydrogen-bond acceptors (Lipinski definition) is 5. The van der Waals surface area contributed by atoms with Gasteiger partial charge in [-0.3, -0.25) is 14.9 Å². The van der Waals surface area contributed by atoms with Crippen LogP contribution in [0.3, 0.4) is 0 Å². The van der Waals surface area contributed by atoms with E-state index in [1.54, 1.807) is 6.07 Å². The van der Waals surface area contributed by atoms with Gasteiger partial charge in [0.15, 0.2) is 0 Å². The minimum absolute atomic E-state index is 0.0370. The quantitative estimate of drug-likeness (QED) is 0.745. The lowest BCUT2D eigenvalue weighted by atomic mass is 10.0. The number of esters is 1. The van der Waals surface area contributed by atoms with Gasteiger partial charge in [-0.15, -0.1) is 11.3 Å². The van der Waals surface area contributed by atoms with E-state index in [4.69, 9.17) is 9.84 Å². The zero-order valence-electron chi connectivity index (χ0n) is 11.3. The van der Waals surface area contributed by atoms with E-state index in [0.717, 1.165) is 9.75 Å². The number of nitrogens with one attached hydrogen (secondary N) is 1. The molecule has 0 aliphatic heterocycles. The van der Waals surface area contributed by atoms with Crippen molar-refractivity contribution < 1.29 is 19.4 Å². The minimum Gasteiger partial charge on any atom is -0.481 e. The maximum absolute atomic E-state index is 11.6. The summed E-state index contributed by atoms with van der Waals surface area (Å²) in [4.78, 5) is 24.0. The molecule has 19 heavy (non-hydrogen) atoms. The number of rotatable bonds is 7. The molecular formula is C13H19NO4S. The lowest BCUT2D eigenvalue weighted by Crippen LogP contribution is -2.41. The van der Waals surface area contributed by atoms with Gasteiger partial charge in [0.05, 0.1) is 13.5 Å². The van der Waals surface area contributed by atoms with E-state index >= 15 is 0 Å². The second-order valence-electron chi connectivity index (χ2n) is 4.56. The van der Waals surface area contributed by atoms with Crippen LogP contribution in [0.2, 0.25) is 0 Å². The molecule has 0 amide bonds. The van der Waals surface area contributed by atoms with Gasteiger partial charge in [-0.2, -0.15) is 0 Å². The van der Waals surface area contributed by atoms with E-state index in [-0.39, 0.29) is 24.3 Å². The fraction of sp³-hybridized carbons (Fsp3) is 0.538. The topological polar surface area (TPSA) is 75.6 Å². The van der Waals surface area contributed by atoms with Gasteiger partial charge in [-0.1, -0.05) is 13.8 Å². The van der Waals surface area contributed by atoms with Gasteiger partial charge in [-0.05, 0) is 18.1 Å². The predicted molar refractivity (Wildman–Crippen MR) is 73.1 cm³/mol. The summed E-state index contributed by atoms with van der Waals surface area (Å²) in [5, 5.41) is 11.8. The number of carbonyl (C=O) groups is 2. The molecule has 5 nitrogen and oxygen atoms in total. The Balaban J connectivity index is 2.57. The summed E-state index contributed by atoms with van der Waals surface area (Å²) in [6.45, 7) is 4.42. The van der Waals surface area contributed by atoms with Crippen molar-refractivity contribution in [2.24, 2.45) is 5.92 Å². The molecule has 2 N–H and O–H groups in total. The van der Waals surface area contributed by atoms with Gasteiger partial charge in [0.2, 0.25) is 0 Å². The fourth-order valence-corrected chi connectivity index (χ4v) is 2.65. The van der Waals surface area contributed by atoms with Crippen LogP contribution < -0.4 is 5.32 Å². The molecule has 0 bridgehead atoms. The Morgan fingerprint density at radius 3 is 2.53 bits per heavy atom. The third kappa shape index (κ3) is 5.00. The molecule has 0 radical (unpaired) electrons. The molecule has 6 heteroatoms. The maximum Gasteiger partial charge on any atom is 0.323 e. The number of carboxylic acids is 1. The molecule has 0 aliphatic carbocycles. The standard InChI is InChI=1S/C13H19NO4S/c1-8(2)12(13(17)18-3)14-7-10-5-4-9(19-10)6-11(15)16/h4-5,8,12,14H,6-7H2,1-3H3,(H,15,16)/t12-/m0/s1. The summed E-state index contributed by atoms with van der Waals surface area (Å²) in [5.41, 5.74) is 0. The lowest BCUT2D eigenvalue weighted by molar-refractivity contribution is -0.144. The second-order valence-corrected chi connectivity index (χ2v) is 5.82. The molecule has 1 rings (SSSR count). The number of aliphatic carboxylic acids is 1. The van der Waals surface area contributed by atoms with Crippen molar-refractivity contribution in [2.45, 2.75) is 32.9 Å². The zero-order chi connectivity index (χ0) is 14.4. The molecular weight excluding hydrogens is 266 g/mol. The van der Waals surface area contributed by atoms with Crippen LogP contribution in [0.4, 0.5) is 0 Å². The molecule has 1 aromatic heterocycles. The van der Waals surface area contributed by atoms with Crippen molar-refractivity contribution in [1.29, 1.82) is 0 Å². The van der Waals surface area contributed by atoms with E-state index in [0.29, 0.717) is 6.54 Å². The first-order chi connectivity index (χ1) is 8.93. The van der Waals surface area contributed by atoms with E-state index in [1.165, 1.54) is 18.4 Å². The lowest BCUT2D eigenvalue weighted by Gasteiger charge is -2.19. The Morgan fingerprint density at radius 2 is 2.00 bits per heavy atom. The monoisotopic (exact) mass is 285 g/mol. The van der Waals surface area contributed by atoms with Crippen molar-refractivity contribution >= 4 is 23.3 Å². The number of methoxy groups -OCH3 is 1. The second kappa shape index (κ2) is 7.25. The third-order valence-corrected chi connectivity index (χ3v) is 3.75. The molecule has 106 valence electrons. The van der Waals surface area contributed by atoms with Gasteiger partial charge in [-0.25, -0.2) is 0 Å². The van der Waals surface area contributed by atoms with Crippen LogP contribution in [-0.2, 0) is 27.3 Å². The highest BCUT2D eigenvalue weighted by atomic mass is 32.1. The van der Waals surface area contributed by atoms with Gasteiger partial charge < -0.3 is 9.84 Å². The summed E-state index contributed by atoms with van der Waals surface area (Å²) >= 11 is 1.44. The average Bonchev–Trinajstić information content (AvgIpc) is 2.75. The number of carbonyl (C=O) groups excluding carboxylic acids is 1. The van der Waals surface area contributed by atoms with E-state index in [1.807, 2.05) is 19.9 Å². The van der Waals surface area contributed by atoms with Crippen LogP contribution in [0.15, 0.2) is 12.1 Å². The smallest absolute Gasteiger partial charge is 0.323 e. The number of thiophene rings is 1. The Morgan fingerprint density at radius 1 is 1.37 bits per heavy atom. The Bertz CT molecular complexity index is 442. The van der Waals surface area contributed by atoms with Crippen LogP contribution in [0.1, 0.15) is 23.6 Å².